The van der Waals surface area contributed by atoms with Gasteiger partial charge in [0, 0.05) is 99.6 Å². The van der Waals surface area contributed by atoms with Gasteiger partial charge in [0.2, 0.25) is 0 Å². The van der Waals surface area contributed by atoms with Gasteiger partial charge in [-0.05, 0) is 104 Å². The van der Waals surface area contributed by atoms with Gasteiger partial charge in [-0.25, -0.2) is 15.0 Å². The highest BCUT2D eigenvalue weighted by atomic mass is 15.0. The van der Waals surface area contributed by atoms with Crippen LogP contribution in [0, 0.1) is 0 Å². The molecule has 5 aliphatic rings. The molecule has 0 atom stereocenters. The molecule has 57 heavy (non-hydrogen) atoms. The molecule has 0 fully saturated rings. The molecule has 276 valence electrons. The minimum Gasteiger partial charge on any atom is -0.356 e. The summed E-state index contributed by atoms with van der Waals surface area (Å²) in [6.45, 7) is 4.39. The average Bonchev–Trinajstić information content (AvgIpc) is 3.88. The van der Waals surface area contributed by atoms with Gasteiger partial charge in [0.25, 0.3) is 0 Å². The Labute approximate surface area is 332 Å². The topological polar surface area (TPSA) is 79.7 Å². The third-order valence-electron chi connectivity index (χ3n) is 11.1. The number of nitrogens with one attached hydrogen (secondary N) is 3. The monoisotopic (exact) mass is 739 g/mol. The fourth-order valence-corrected chi connectivity index (χ4v) is 8.58. The second-order valence-electron chi connectivity index (χ2n) is 15.1. The zero-order chi connectivity index (χ0) is 38.5. The van der Waals surface area contributed by atoms with E-state index in [0.717, 1.165) is 52.9 Å². The number of pyridine rings is 3. The predicted molar refractivity (Wildman–Crippen MR) is 236 cm³/mol. The number of anilines is 6. The maximum absolute atomic E-state index is 4.50. The first-order valence-corrected chi connectivity index (χ1v) is 19.4. The molecule has 3 N–H and O–H groups in total. The molecule has 4 aromatic heterocycles. The van der Waals surface area contributed by atoms with Crippen LogP contribution in [-0.4, -0.2) is 19.5 Å². The minimum absolute atomic E-state index is 0.917. The third kappa shape index (κ3) is 6.23. The van der Waals surface area contributed by atoms with Gasteiger partial charge in [0.15, 0.2) is 0 Å². The van der Waals surface area contributed by atoms with Crippen molar-refractivity contribution in [3.63, 3.8) is 0 Å². The molecule has 0 saturated heterocycles. The van der Waals surface area contributed by atoms with Crippen molar-refractivity contribution in [3.05, 3.63) is 186 Å². The molecule has 0 saturated carbocycles. The Bertz CT molecular complexity index is 2680. The van der Waals surface area contributed by atoms with E-state index in [-0.39, 0.29) is 0 Å². The number of hydrogen-bond donors (Lipinski definition) is 3. The molecule has 2 aliphatic carbocycles. The molecular formula is C50H41N7. The molecule has 7 heterocycles. The van der Waals surface area contributed by atoms with E-state index >= 15 is 0 Å². The van der Waals surface area contributed by atoms with Crippen molar-refractivity contribution in [2.45, 2.75) is 26.7 Å². The van der Waals surface area contributed by atoms with Crippen molar-refractivity contribution in [2.75, 3.05) is 16.0 Å². The Morgan fingerprint density at radius 3 is 1.46 bits per heavy atom. The summed E-state index contributed by atoms with van der Waals surface area (Å²) < 4.78 is 2.10. The van der Waals surface area contributed by atoms with Crippen LogP contribution in [-0.2, 0) is 7.05 Å². The van der Waals surface area contributed by atoms with Gasteiger partial charge in [-0.15, -0.1) is 0 Å². The van der Waals surface area contributed by atoms with Crippen LogP contribution in [0.3, 0.4) is 0 Å². The summed E-state index contributed by atoms with van der Waals surface area (Å²) in [4.78, 5) is 13.5. The van der Waals surface area contributed by atoms with Gasteiger partial charge >= 0.3 is 0 Å². The highest BCUT2D eigenvalue weighted by Gasteiger charge is 2.26. The summed E-state index contributed by atoms with van der Waals surface area (Å²) in [6.07, 6.45) is 16.5. The Hall–Kier alpha value is -7.25. The Kier molecular flexibility index (Phi) is 8.48. The number of nitrogens with zero attached hydrogens (tertiary/aromatic N) is 4. The van der Waals surface area contributed by atoms with Crippen molar-refractivity contribution in [2.24, 2.45) is 7.05 Å². The summed E-state index contributed by atoms with van der Waals surface area (Å²) in [5.74, 6) is 2.83. The predicted octanol–water partition coefficient (Wildman–Crippen LogP) is 12.6. The number of fused-ring (bicyclic) bond motifs is 13. The largest absolute Gasteiger partial charge is 0.356 e. The molecule has 0 bridgehead atoms. The molecule has 0 radical (unpaired) electrons. The number of allylic oxidation sites excluding steroid dienone is 8. The first-order chi connectivity index (χ1) is 28.0. The molecule has 7 nitrogen and oxygen atoms in total. The van der Waals surface area contributed by atoms with Gasteiger partial charge < -0.3 is 20.5 Å². The number of hydrogen-bond acceptors (Lipinski definition) is 6. The highest BCUT2D eigenvalue weighted by Crippen LogP contribution is 2.47. The van der Waals surface area contributed by atoms with Crippen LogP contribution in [0.15, 0.2) is 163 Å². The summed E-state index contributed by atoms with van der Waals surface area (Å²) in [6, 6.07) is 37.7. The fraction of sp³-hybridized carbons (Fsp3) is 0.100. The lowest BCUT2D eigenvalue weighted by atomic mass is 9.97. The normalized spacial score (nSPS) is 14.6. The first kappa shape index (κ1) is 34.3. The molecule has 12 rings (SSSR count). The van der Waals surface area contributed by atoms with Crippen LogP contribution in [0.25, 0.3) is 44.5 Å². The van der Waals surface area contributed by atoms with E-state index in [1.165, 1.54) is 72.4 Å². The zero-order valence-electron chi connectivity index (χ0n) is 32.1. The lowest BCUT2D eigenvalue weighted by Crippen LogP contribution is -1.97. The highest BCUT2D eigenvalue weighted by molar-refractivity contribution is 6.07. The van der Waals surface area contributed by atoms with Gasteiger partial charge in [-0.2, -0.15) is 0 Å². The van der Waals surface area contributed by atoms with E-state index < -0.39 is 0 Å². The first-order valence-electron chi connectivity index (χ1n) is 19.4. The summed E-state index contributed by atoms with van der Waals surface area (Å²) in [5.41, 5.74) is 21.5. The number of rotatable bonds is 0. The average molecular weight is 740 g/mol. The summed E-state index contributed by atoms with van der Waals surface area (Å²) >= 11 is 0. The van der Waals surface area contributed by atoms with Crippen LogP contribution in [0.5, 0.6) is 0 Å². The van der Waals surface area contributed by atoms with E-state index in [1.807, 2.05) is 42.9 Å². The number of aryl methyl sites for hydroxylation is 1. The van der Waals surface area contributed by atoms with Crippen molar-refractivity contribution < 1.29 is 0 Å². The number of aromatic nitrogens is 4. The van der Waals surface area contributed by atoms with Gasteiger partial charge in [0.05, 0.1) is 0 Å². The van der Waals surface area contributed by atoms with Crippen LogP contribution in [0.2, 0.25) is 0 Å². The van der Waals surface area contributed by atoms with E-state index in [2.05, 4.69) is 166 Å². The Morgan fingerprint density at radius 2 is 0.825 bits per heavy atom. The lowest BCUT2D eigenvalue weighted by Gasteiger charge is -2.10. The van der Waals surface area contributed by atoms with E-state index in [4.69, 9.17) is 0 Å². The minimum atomic E-state index is 0.917. The van der Waals surface area contributed by atoms with Gasteiger partial charge in [0.1, 0.15) is 17.5 Å². The zero-order valence-corrected chi connectivity index (χ0v) is 32.1. The van der Waals surface area contributed by atoms with Gasteiger partial charge in [-0.3, -0.25) is 0 Å². The quantitative estimate of drug-likeness (QED) is 0.144. The van der Waals surface area contributed by atoms with Crippen LogP contribution in [0.1, 0.15) is 48.9 Å². The van der Waals surface area contributed by atoms with Gasteiger partial charge in [-0.1, -0.05) is 77.9 Å². The van der Waals surface area contributed by atoms with Crippen LogP contribution in [0.4, 0.5) is 34.5 Å². The number of para-hydroxylation sites is 3. The SMILES string of the molecule is CC1=CC2=C(C1)c1ccccc1Nc1ncccc12.CC1=CC2=C(C1)c1cccnc1Nc1ccccc12.Cn1cc2c(c1)-c1cccnc1Nc1ccccc1-2. The van der Waals surface area contributed by atoms with Crippen molar-refractivity contribution in [1.82, 2.24) is 19.5 Å². The molecule has 7 heteroatoms. The standard InChI is InChI=1S/2C17H14N2.C16H13N3/c2*1-11-9-14-12-5-2-3-7-16(12)19-17-13(15(14)10-11)6-4-8-18-17;1-19-9-13-11-5-2-3-7-15(11)18-16-12(14(13)10-19)6-4-8-17-16/h2-8,10H,9H2,1H3,(H,18,19);2-9H,10H2,1H3,(H,18,19);2-10H,1H3,(H,17,18). The number of benzene rings is 3. The fourth-order valence-electron chi connectivity index (χ4n) is 8.58. The third-order valence-corrected chi connectivity index (χ3v) is 11.1. The Morgan fingerprint density at radius 1 is 0.421 bits per heavy atom. The maximum Gasteiger partial charge on any atom is 0.138 e. The summed E-state index contributed by atoms with van der Waals surface area (Å²) in [5, 5.41) is 10.4. The van der Waals surface area contributed by atoms with E-state index in [9.17, 15) is 0 Å². The van der Waals surface area contributed by atoms with Crippen molar-refractivity contribution in [1.29, 1.82) is 0 Å². The lowest BCUT2D eigenvalue weighted by molar-refractivity contribution is 0.929. The smallest absolute Gasteiger partial charge is 0.138 e. The second-order valence-corrected chi connectivity index (χ2v) is 15.1. The molecule has 0 unspecified atom stereocenters. The van der Waals surface area contributed by atoms with E-state index in [0.29, 0.717) is 0 Å². The molecule has 3 aliphatic heterocycles. The Balaban J connectivity index is 0.000000104. The van der Waals surface area contributed by atoms with E-state index in [1.54, 1.807) is 0 Å². The molecule has 0 spiro atoms. The molecule has 0 amide bonds. The second kappa shape index (κ2) is 14.1. The maximum atomic E-state index is 4.50. The van der Waals surface area contributed by atoms with Crippen LogP contribution < -0.4 is 16.0 Å². The van der Waals surface area contributed by atoms with Crippen molar-refractivity contribution >= 4 is 56.8 Å². The molecule has 7 aromatic rings. The molecular weight excluding hydrogens is 699 g/mol. The molecule has 3 aromatic carbocycles. The summed E-state index contributed by atoms with van der Waals surface area (Å²) in [7, 11) is 2.06. The van der Waals surface area contributed by atoms with Crippen molar-refractivity contribution in [3.8, 4) is 22.3 Å². The van der Waals surface area contributed by atoms with Crippen LogP contribution >= 0.6 is 0 Å².